The standard InChI is InChI=1S/C13H14FN3O2S/c1-2-15-11-9(4-3-5-10(11)14)12(18)16-6-8-7-20-13(19)17-8/h3-5,7,15H,2,6H2,1H3,(H,16,18)(H,17,19). The van der Waals surface area contributed by atoms with Gasteiger partial charge in [0, 0.05) is 17.6 Å². The molecule has 0 unspecified atom stereocenters. The number of carbonyl (C=O) groups is 1. The van der Waals surface area contributed by atoms with Crippen LogP contribution in [0.3, 0.4) is 0 Å². The number of halogens is 1. The lowest BCUT2D eigenvalue weighted by Gasteiger charge is -2.11. The smallest absolute Gasteiger partial charge is 0.304 e. The molecule has 5 nitrogen and oxygen atoms in total. The zero-order chi connectivity index (χ0) is 14.5. The molecule has 20 heavy (non-hydrogen) atoms. The summed E-state index contributed by atoms with van der Waals surface area (Å²) in [5.41, 5.74) is 1.05. The minimum absolute atomic E-state index is 0.173. The number of hydrogen-bond donors (Lipinski definition) is 3. The summed E-state index contributed by atoms with van der Waals surface area (Å²) < 4.78 is 13.7. The van der Waals surface area contributed by atoms with Gasteiger partial charge < -0.3 is 15.6 Å². The van der Waals surface area contributed by atoms with E-state index in [0.29, 0.717) is 12.2 Å². The van der Waals surface area contributed by atoms with Crippen molar-refractivity contribution in [2.75, 3.05) is 11.9 Å². The summed E-state index contributed by atoms with van der Waals surface area (Å²) in [4.78, 5) is 25.5. The topological polar surface area (TPSA) is 74.0 Å². The average Bonchev–Trinajstić information content (AvgIpc) is 2.84. The van der Waals surface area contributed by atoms with Gasteiger partial charge in [-0.15, -0.1) is 0 Å². The van der Waals surface area contributed by atoms with Crippen molar-refractivity contribution < 1.29 is 9.18 Å². The van der Waals surface area contributed by atoms with Crippen molar-refractivity contribution in [1.82, 2.24) is 10.3 Å². The third kappa shape index (κ3) is 3.24. The second-order valence-corrected chi connectivity index (χ2v) is 4.89. The van der Waals surface area contributed by atoms with E-state index < -0.39 is 11.7 Å². The van der Waals surface area contributed by atoms with Gasteiger partial charge in [-0.2, -0.15) is 0 Å². The van der Waals surface area contributed by atoms with E-state index in [9.17, 15) is 14.0 Å². The first-order chi connectivity index (χ1) is 9.61. The molecule has 0 atom stereocenters. The van der Waals surface area contributed by atoms with Crippen molar-refractivity contribution in [3.8, 4) is 0 Å². The first kappa shape index (κ1) is 14.3. The van der Waals surface area contributed by atoms with Crippen LogP contribution in [0.5, 0.6) is 0 Å². The van der Waals surface area contributed by atoms with E-state index >= 15 is 0 Å². The van der Waals surface area contributed by atoms with Crippen LogP contribution in [0.2, 0.25) is 0 Å². The van der Waals surface area contributed by atoms with Crippen LogP contribution in [-0.2, 0) is 6.54 Å². The summed E-state index contributed by atoms with van der Waals surface area (Å²) >= 11 is 1.03. The number of nitrogens with one attached hydrogen (secondary N) is 3. The molecule has 0 aliphatic heterocycles. The van der Waals surface area contributed by atoms with Crippen LogP contribution in [0, 0.1) is 5.82 Å². The Balaban J connectivity index is 2.12. The van der Waals surface area contributed by atoms with Crippen LogP contribution in [0.25, 0.3) is 0 Å². The number of anilines is 1. The Bertz CT molecular complexity index is 666. The summed E-state index contributed by atoms with van der Waals surface area (Å²) in [5, 5.41) is 7.12. The van der Waals surface area contributed by atoms with E-state index in [1.807, 2.05) is 6.92 Å². The Hall–Kier alpha value is -2.15. The van der Waals surface area contributed by atoms with Gasteiger partial charge in [0.25, 0.3) is 5.91 Å². The Kier molecular flexibility index (Phi) is 4.52. The van der Waals surface area contributed by atoms with Crippen LogP contribution in [-0.4, -0.2) is 17.4 Å². The van der Waals surface area contributed by atoms with Gasteiger partial charge in [0.1, 0.15) is 5.82 Å². The SMILES string of the molecule is CCNc1c(F)cccc1C(=O)NCc1csc(=O)[nH]1. The highest BCUT2D eigenvalue weighted by atomic mass is 32.1. The molecule has 1 amide bonds. The van der Waals surface area contributed by atoms with Crippen LogP contribution in [0.4, 0.5) is 10.1 Å². The molecule has 106 valence electrons. The van der Waals surface area contributed by atoms with Gasteiger partial charge in [0.2, 0.25) is 0 Å². The molecular weight excluding hydrogens is 281 g/mol. The Morgan fingerprint density at radius 3 is 2.90 bits per heavy atom. The highest BCUT2D eigenvalue weighted by molar-refractivity contribution is 7.07. The number of para-hydroxylation sites is 1. The van der Waals surface area contributed by atoms with Crippen molar-refractivity contribution in [2.45, 2.75) is 13.5 Å². The van der Waals surface area contributed by atoms with Crippen LogP contribution in [0.1, 0.15) is 23.0 Å². The predicted octanol–water partition coefficient (Wildman–Crippen LogP) is 1.94. The van der Waals surface area contributed by atoms with Crippen molar-refractivity contribution in [1.29, 1.82) is 0 Å². The summed E-state index contributed by atoms with van der Waals surface area (Å²) in [6.45, 7) is 2.53. The molecular formula is C13H14FN3O2S. The van der Waals surface area contributed by atoms with E-state index in [1.54, 1.807) is 11.4 Å². The maximum atomic E-state index is 13.7. The van der Waals surface area contributed by atoms with E-state index in [4.69, 9.17) is 0 Å². The number of rotatable bonds is 5. The van der Waals surface area contributed by atoms with Gasteiger partial charge in [-0.25, -0.2) is 4.39 Å². The van der Waals surface area contributed by atoms with E-state index in [2.05, 4.69) is 15.6 Å². The van der Waals surface area contributed by atoms with Crippen molar-refractivity contribution in [2.24, 2.45) is 0 Å². The van der Waals surface area contributed by atoms with E-state index in [-0.39, 0.29) is 22.7 Å². The number of hydrogen-bond acceptors (Lipinski definition) is 4. The summed E-state index contributed by atoms with van der Waals surface area (Å²) in [5.74, 6) is -0.865. The fourth-order valence-electron chi connectivity index (χ4n) is 1.74. The summed E-state index contributed by atoms with van der Waals surface area (Å²) in [6, 6.07) is 4.33. The predicted molar refractivity (Wildman–Crippen MR) is 76.7 cm³/mol. The van der Waals surface area contributed by atoms with Gasteiger partial charge >= 0.3 is 4.87 Å². The van der Waals surface area contributed by atoms with E-state index in [0.717, 1.165) is 11.3 Å². The molecule has 0 aliphatic rings. The molecule has 0 radical (unpaired) electrons. The van der Waals surface area contributed by atoms with Crippen LogP contribution < -0.4 is 15.5 Å². The molecule has 2 rings (SSSR count). The third-order valence-corrected chi connectivity index (χ3v) is 3.34. The number of benzene rings is 1. The normalized spacial score (nSPS) is 10.3. The van der Waals surface area contributed by atoms with Gasteiger partial charge in [-0.1, -0.05) is 17.4 Å². The number of carbonyl (C=O) groups excluding carboxylic acids is 1. The lowest BCUT2D eigenvalue weighted by atomic mass is 10.1. The second kappa shape index (κ2) is 6.33. The highest BCUT2D eigenvalue weighted by Crippen LogP contribution is 2.19. The first-order valence-electron chi connectivity index (χ1n) is 6.09. The zero-order valence-corrected chi connectivity index (χ0v) is 11.6. The largest absolute Gasteiger partial charge is 0.382 e. The van der Waals surface area contributed by atoms with Crippen molar-refractivity contribution in [3.63, 3.8) is 0 Å². The number of thiazole rings is 1. The highest BCUT2D eigenvalue weighted by Gasteiger charge is 2.14. The zero-order valence-electron chi connectivity index (χ0n) is 10.8. The van der Waals surface area contributed by atoms with Crippen LogP contribution in [0.15, 0.2) is 28.4 Å². The van der Waals surface area contributed by atoms with Gasteiger partial charge in [-0.3, -0.25) is 9.59 Å². The molecule has 0 fully saturated rings. The minimum atomic E-state index is -0.469. The number of amides is 1. The Labute approximate surface area is 118 Å². The Morgan fingerprint density at radius 2 is 2.25 bits per heavy atom. The van der Waals surface area contributed by atoms with Gasteiger partial charge in [0.15, 0.2) is 0 Å². The maximum absolute atomic E-state index is 13.7. The quantitative estimate of drug-likeness (QED) is 0.789. The molecule has 3 N–H and O–H groups in total. The second-order valence-electron chi connectivity index (χ2n) is 4.05. The minimum Gasteiger partial charge on any atom is -0.382 e. The number of H-pyrrole nitrogens is 1. The lowest BCUT2D eigenvalue weighted by molar-refractivity contribution is 0.0951. The third-order valence-electron chi connectivity index (χ3n) is 2.62. The molecule has 0 aliphatic carbocycles. The van der Waals surface area contributed by atoms with Gasteiger partial charge in [0.05, 0.1) is 17.8 Å². The van der Waals surface area contributed by atoms with E-state index in [1.165, 1.54) is 12.1 Å². The number of aromatic amines is 1. The maximum Gasteiger partial charge on any atom is 0.304 e. The molecule has 0 saturated carbocycles. The molecule has 0 spiro atoms. The molecule has 1 aromatic carbocycles. The molecule has 1 aromatic heterocycles. The van der Waals surface area contributed by atoms with Crippen molar-refractivity contribution in [3.05, 3.63) is 50.3 Å². The monoisotopic (exact) mass is 295 g/mol. The summed E-state index contributed by atoms with van der Waals surface area (Å²) in [6.07, 6.45) is 0. The van der Waals surface area contributed by atoms with Gasteiger partial charge in [-0.05, 0) is 19.1 Å². The number of aromatic nitrogens is 1. The Morgan fingerprint density at radius 1 is 1.45 bits per heavy atom. The first-order valence-corrected chi connectivity index (χ1v) is 6.97. The fourth-order valence-corrected chi connectivity index (χ4v) is 2.32. The lowest BCUT2D eigenvalue weighted by Crippen LogP contribution is -2.24. The van der Waals surface area contributed by atoms with Crippen LogP contribution >= 0.6 is 11.3 Å². The molecule has 1 heterocycles. The fraction of sp³-hybridized carbons (Fsp3) is 0.231. The molecule has 0 bridgehead atoms. The summed E-state index contributed by atoms with van der Waals surface area (Å²) in [7, 11) is 0. The average molecular weight is 295 g/mol. The molecule has 2 aromatic rings. The molecule has 7 heteroatoms. The van der Waals surface area contributed by atoms with Crippen molar-refractivity contribution >= 4 is 22.9 Å². The molecule has 0 saturated heterocycles.